The van der Waals surface area contributed by atoms with Crippen LogP contribution in [0.1, 0.15) is 5.56 Å². The molecule has 0 aliphatic carbocycles. The third kappa shape index (κ3) is 3.78. The van der Waals surface area contributed by atoms with E-state index in [1.165, 1.54) is 25.7 Å². The van der Waals surface area contributed by atoms with Crippen LogP contribution in [-0.2, 0) is 0 Å². The van der Waals surface area contributed by atoms with Gasteiger partial charge in [-0.1, -0.05) is 103 Å². The van der Waals surface area contributed by atoms with Crippen molar-refractivity contribution in [3.8, 4) is 34.0 Å². The summed E-state index contributed by atoms with van der Waals surface area (Å²) in [6.07, 6.45) is 0. The van der Waals surface area contributed by atoms with Crippen LogP contribution in [0.5, 0.6) is 0 Å². The predicted octanol–water partition coefficient (Wildman–Crippen LogP) is 12.3. The fourth-order valence-electron chi connectivity index (χ4n) is 7.32. The number of hydrogen-bond acceptors (Lipinski definition) is 3. The SMILES string of the molecule is N#Cc1ccc2c3ccccc3n(-c3cccc4c3oc3c(-c5ccccc5)cc(-c5cccc6c5sc5ccccc56)cc34)c2c1. The van der Waals surface area contributed by atoms with Crippen LogP contribution in [-0.4, -0.2) is 4.57 Å². The molecule has 7 aromatic carbocycles. The molecule has 0 aliphatic heterocycles. The van der Waals surface area contributed by atoms with Crippen molar-refractivity contribution < 1.29 is 4.42 Å². The molecule has 218 valence electrons. The van der Waals surface area contributed by atoms with E-state index in [4.69, 9.17) is 4.42 Å². The highest BCUT2D eigenvalue weighted by Gasteiger charge is 2.21. The third-order valence-corrected chi connectivity index (χ3v) is 10.6. The van der Waals surface area contributed by atoms with Crippen LogP contribution in [0.2, 0.25) is 0 Å². The van der Waals surface area contributed by atoms with Crippen molar-refractivity contribution in [3.05, 3.63) is 151 Å². The molecule has 10 rings (SSSR count). The second-order valence-electron chi connectivity index (χ2n) is 12.0. The molecule has 0 saturated heterocycles. The summed E-state index contributed by atoms with van der Waals surface area (Å²) in [6.45, 7) is 0. The van der Waals surface area contributed by atoms with Gasteiger partial charge in [-0.05, 0) is 59.2 Å². The molecular weight excluding hydrogens is 593 g/mol. The Kier molecular flexibility index (Phi) is 5.51. The molecule has 3 nitrogen and oxygen atoms in total. The lowest BCUT2D eigenvalue weighted by Crippen LogP contribution is -1.94. The predicted molar refractivity (Wildman–Crippen MR) is 197 cm³/mol. The van der Waals surface area contributed by atoms with Crippen LogP contribution in [0.4, 0.5) is 0 Å². The highest BCUT2D eigenvalue weighted by molar-refractivity contribution is 7.26. The summed E-state index contributed by atoms with van der Waals surface area (Å²) in [7, 11) is 0. The summed E-state index contributed by atoms with van der Waals surface area (Å²) in [5.74, 6) is 0. The molecule has 0 N–H and O–H groups in total. The first kappa shape index (κ1) is 26.1. The Morgan fingerprint density at radius 2 is 1.26 bits per heavy atom. The van der Waals surface area contributed by atoms with Gasteiger partial charge < -0.3 is 8.98 Å². The number of nitrogens with zero attached hydrogens (tertiary/aromatic N) is 2. The summed E-state index contributed by atoms with van der Waals surface area (Å²) in [6, 6.07) is 53.5. The zero-order chi connectivity index (χ0) is 31.1. The van der Waals surface area contributed by atoms with Crippen molar-refractivity contribution in [1.29, 1.82) is 5.26 Å². The van der Waals surface area contributed by atoms with Crippen molar-refractivity contribution in [1.82, 2.24) is 4.57 Å². The van der Waals surface area contributed by atoms with Gasteiger partial charge in [-0.3, -0.25) is 0 Å². The number of furan rings is 1. The van der Waals surface area contributed by atoms with Gasteiger partial charge in [0.2, 0.25) is 0 Å². The Labute approximate surface area is 273 Å². The van der Waals surface area contributed by atoms with E-state index in [9.17, 15) is 5.26 Å². The van der Waals surface area contributed by atoms with Gasteiger partial charge in [0.05, 0.1) is 28.4 Å². The van der Waals surface area contributed by atoms with Crippen molar-refractivity contribution in [2.75, 3.05) is 0 Å². The number of para-hydroxylation sites is 2. The maximum atomic E-state index is 9.79. The lowest BCUT2D eigenvalue weighted by molar-refractivity contribution is 0.667. The van der Waals surface area contributed by atoms with E-state index in [1.54, 1.807) is 0 Å². The molecule has 0 atom stereocenters. The van der Waals surface area contributed by atoms with E-state index in [0.29, 0.717) is 5.56 Å². The topological polar surface area (TPSA) is 41.9 Å². The van der Waals surface area contributed by atoms with Crippen molar-refractivity contribution in [2.24, 2.45) is 0 Å². The standard InChI is InChI=1S/C43H24N2OS/c44-25-26-20-21-31-30-12-4-6-17-37(30)45(39(31)22-26)38-18-9-15-33-36-24-28(23-35(41(36)46-42(33)38)27-10-2-1-3-11-27)29-14-8-16-34-32-13-5-7-19-40(32)47-43(29)34/h1-24H. The number of benzene rings is 7. The molecule has 0 amide bonds. The number of thiophene rings is 1. The molecule has 0 saturated carbocycles. The average Bonchev–Trinajstić information content (AvgIpc) is 3.81. The van der Waals surface area contributed by atoms with Crippen LogP contribution >= 0.6 is 11.3 Å². The monoisotopic (exact) mass is 616 g/mol. The first-order valence-corrected chi connectivity index (χ1v) is 16.5. The molecule has 0 bridgehead atoms. The Morgan fingerprint density at radius 3 is 2.15 bits per heavy atom. The Balaban J connectivity index is 1.31. The van der Waals surface area contributed by atoms with Crippen LogP contribution < -0.4 is 0 Å². The first-order chi connectivity index (χ1) is 23.3. The molecule has 0 unspecified atom stereocenters. The molecule has 0 radical (unpaired) electrons. The van der Waals surface area contributed by atoms with Crippen LogP contribution in [0.25, 0.3) is 91.9 Å². The smallest absolute Gasteiger partial charge is 0.159 e. The van der Waals surface area contributed by atoms with E-state index >= 15 is 0 Å². The summed E-state index contributed by atoms with van der Waals surface area (Å²) in [4.78, 5) is 0. The first-order valence-electron chi connectivity index (χ1n) is 15.7. The Hall–Kier alpha value is -6.15. The molecule has 10 aromatic rings. The average molecular weight is 617 g/mol. The summed E-state index contributed by atoms with van der Waals surface area (Å²) < 4.78 is 11.8. The van der Waals surface area contributed by atoms with Gasteiger partial charge in [-0.25, -0.2) is 0 Å². The quantitative estimate of drug-likeness (QED) is 0.198. The molecule has 0 fully saturated rings. The highest BCUT2D eigenvalue weighted by atomic mass is 32.1. The molecular formula is C43H24N2OS. The van der Waals surface area contributed by atoms with Gasteiger partial charge in [-0.15, -0.1) is 11.3 Å². The van der Waals surface area contributed by atoms with Gasteiger partial charge in [0.25, 0.3) is 0 Å². The molecule has 47 heavy (non-hydrogen) atoms. The summed E-state index contributed by atoms with van der Waals surface area (Å²) in [5, 5.41) is 16.8. The van der Waals surface area contributed by atoms with Crippen LogP contribution in [0.3, 0.4) is 0 Å². The fraction of sp³-hybridized carbons (Fsp3) is 0. The van der Waals surface area contributed by atoms with Gasteiger partial charge >= 0.3 is 0 Å². The van der Waals surface area contributed by atoms with E-state index < -0.39 is 0 Å². The number of aromatic nitrogens is 1. The fourth-order valence-corrected chi connectivity index (χ4v) is 8.56. The van der Waals surface area contributed by atoms with Crippen LogP contribution in [0.15, 0.2) is 150 Å². The van der Waals surface area contributed by atoms with Gasteiger partial charge in [0.1, 0.15) is 5.58 Å². The minimum absolute atomic E-state index is 0.629. The van der Waals surface area contributed by atoms with E-state index in [2.05, 4.69) is 144 Å². The second-order valence-corrected chi connectivity index (χ2v) is 13.1. The number of nitriles is 1. The normalized spacial score (nSPS) is 11.8. The molecule has 3 heterocycles. The largest absolute Gasteiger partial charge is 0.453 e. The number of hydrogen-bond donors (Lipinski definition) is 0. The zero-order valence-corrected chi connectivity index (χ0v) is 25.9. The maximum absolute atomic E-state index is 9.79. The molecule has 0 aliphatic rings. The summed E-state index contributed by atoms with van der Waals surface area (Å²) >= 11 is 1.85. The van der Waals surface area contributed by atoms with Crippen molar-refractivity contribution >= 4 is 75.3 Å². The lowest BCUT2D eigenvalue weighted by Gasteiger charge is -2.09. The lowest BCUT2D eigenvalue weighted by atomic mass is 9.95. The van der Waals surface area contributed by atoms with E-state index in [-0.39, 0.29) is 0 Å². The van der Waals surface area contributed by atoms with Gasteiger partial charge in [-0.2, -0.15) is 5.26 Å². The Bertz CT molecular complexity index is 2920. The van der Waals surface area contributed by atoms with Crippen molar-refractivity contribution in [2.45, 2.75) is 0 Å². The minimum atomic E-state index is 0.629. The van der Waals surface area contributed by atoms with E-state index in [1.807, 2.05) is 23.5 Å². The zero-order valence-electron chi connectivity index (χ0n) is 25.1. The number of fused-ring (bicyclic) bond motifs is 9. The second kappa shape index (κ2) is 9.92. The highest BCUT2D eigenvalue weighted by Crippen LogP contribution is 2.45. The van der Waals surface area contributed by atoms with Crippen LogP contribution in [0, 0.1) is 11.3 Å². The van der Waals surface area contributed by atoms with Gasteiger partial charge in [0.15, 0.2) is 5.58 Å². The third-order valence-electron chi connectivity index (χ3n) is 9.42. The molecule has 0 spiro atoms. The summed E-state index contributed by atoms with van der Waals surface area (Å²) in [5.41, 5.74) is 9.89. The number of rotatable bonds is 3. The Morgan fingerprint density at radius 1 is 0.511 bits per heavy atom. The van der Waals surface area contributed by atoms with Gasteiger partial charge in [0, 0.05) is 47.3 Å². The molecule has 4 heteroatoms. The minimum Gasteiger partial charge on any atom is -0.453 e. The van der Waals surface area contributed by atoms with Crippen molar-refractivity contribution in [3.63, 3.8) is 0 Å². The molecule has 3 aromatic heterocycles. The maximum Gasteiger partial charge on any atom is 0.159 e. The van der Waals surface area contributed by atoms with E-state index in [0.717, 1.165) is 66.1 Å².